The highest BCUT2D eigenvalue weighted by atomic mass is 16.6. The fraction of sp³-hybridized carbons (Fsp3) is 0.643. The van der Waals surface area contributed by atoms with Crippen LogP contribution < -0.4 is 16.4 Å². The summed E-state index contributed by atoms with van der Waals surface area (Å²) in [5, 5.41) is 15.5. The van der Waals surface area contributed by atoms with E-state index >= 15 is 0 Å². The molecule has 0 aliphatic carbocycles. The third-order valence-electron chi connectivity index (χ3n) is 6.27. The van der Waals surface area contributed by atoms with Crippen molar-refractivity contribution in [2.45, 2.75) is 111 Å². The van der Waals surface area contributed by atoms with Gasteiger partial charge in [-0.05, 0) is 77.6 Å². The van der Waals surface area contributed by atoms with E-state index in [-0.39, 0.29) is 5.75 Å². The van der Waals surface area contributed by atoms with Crippen LogP contribution in [0.25, 0.3) is 0 Å². The van der Waals surface area contributed by atoms with Gasteiger partial charge in [0, 0.05) is 12.1 Å². The van der Waals surface area contributed by atoms with Gasteiger partial charge >= 0.3 is 6.09 Å². The van der Waals surface area contributed by atoms with E-state index in [1.807, 2.05) is 20.8 Å². The zero-order chi connectivity index (χ0) is 29.3. The number of aryl methyl sites for hydroxylation is 1. The number of nitrogens with zero attached hydrogens (tertiary/aromatic N) is 1. The topological polar surface area (TPSA) is 151 Å². The number of phenolic OH excluding ortho intramolecular Hbond substituents is 1. The number of nitrogens with one attached hydrogen (secondary N) is 2. The van der Waals surface area contributed by atoms with Gasteiger partial charge in [0.2, 0.25) is 17.7 Å². The summed E-state index contributed by atoms with van der Waals surface area (Å²) in [4.78, 5) is 53.8. The summed E-state index contributed by atoms with van der Waals surface area (Å²) < 4.78 is 5.31. The molecule has 0 aliphatic heterocycles. The minimum atomic E-state index is -1.36. The lowest BCUT2D eigenvalue weighted by Gasteiger charge is -2.44. The van der Waals surface area contributed by atoms with Crippen LogP contribution in [0.2, 0.25) is 0 Å². The van der Waals surface area contributed by atoms with Gasteiger partial charge in [-0.2, -0.15) is 0 Å². The number of phenols is 1. The number of carbonyl (C=O) groups is 4. The molecule has 0 fully saturated rings. The van der Waals surface area contributed by atoms with Crippen LogP contribution in [-0.4, -0.2) is 57.5 Å². The van der Waals surface area contributed by atoms with Gasteiger partial charge in [-0.15, -0.1) is 0 Å². The Bertz CT molecular complexity index is 986. The summed E-state index contributed by atoms with van der Waals surface area (Å²) in [6.45, 7) is 14.7. The highest BCUT2D eigenvalue weighted by molar-refractivity contribution is 5.95. The summed E-state index contributed by atoms with van der Waals surface area (Å²) >= 11 is 0. The largest absolute Gasteiger partial charge is 0.508 e. The van der Waals surface area contributed by atoms with Crippen molar-refractivity contribution < 1.29 is 29.0 Å². The van der Waals surface area contributed by atoms with E-state index < -0.39 is 53.5 Å². The van der Waals surface area contributed by atoms with Crippen LogP contribution in [0, 0.1) is 6.92 Å². The maximum Gasteiger partial charge on any atom is 0.408 e. The van der Waals surface area contributed by atoms with Crippen molar-refractivity contribution in [1.82, 2.24) is 15.5 Å². The Morgan fingerprint density at radius 2 is 1.71 bits per heavy atom. The lowest BCUT2D eigenvalue weighted by Crippen LogP contribution is -2.60. The SMILES string of the molecule is CCCCCNC(=O)C(c1ccc(O)c(C)c1)N(C(=O)C(CC(N)=O)NC(=O)OC(C)(C)C)C(C)(C)CC. The molecule has 0 spiro atoms. The third kappa shape index (κ3) is 9.87. The molecule has 1 aromatic carbocycles. The molecule has 0 aliphatic rings. The van der Waals surface area contributed by atoms with Crippen molar-refractivity contribution in [3.05, 3.63) is 29.3 Å². The molecule has 10 nitrogen and oxygen atoms in total. The number of aromatic hydroxyl groups is 1. The van der Waals surface area contributed by atoms with Crippen LogP contribution in [0.3, 0.4) is 0 Å². The number of carbonyl (C=O) groups excluding carboxylic acids is 4. The minimum Gasteiger partial charge on any atom is -0.508 e. The van der Waals surface area contributed by atoms with Crippen LogP contribution in [0.15, 0.2) is 18.2 Å². The summed E-state index contributed by atoms with van der Waals surface area (Å²) in [6, 6.07) is 2.26. The van der Waals surface area contributed by atoms with Gasteiger partial charge in [0.15, 0.2) is 0 Å². The first kappa shape index (κ1) is 32.7. The molecule has 0 aromatic heterocycles. The van der Waals surface area contributed by atoms with Crippen LogP contribution in [-0.2, 0) is 19.1 Å². The second-order valence-electron chi connectivity index (χ2n) is 11.2. The van der Waals surface area contributed by atoms with E-state index in [2.05, 4.69) is 17.6 Å². The van der Waals surface area contributed by atoms with Crippen LogP contribution in [0.5, 0.6) is 5.75 Å². The van der Waals surface area contributed by atoms with Crippen molar-refractivity contribution in [1.29, 1.82) is 0 Å². The number of primary amides is 1. The van der Waals surface area contributed by atoms with Gasteiger partial charge in [-0.25, -0.2) is 4.79 Å². The van der Waals surface area contributed by atoms with Gasteiger partial charge in [-0.1, -0.05) is 32.8 Å². The number of hydrogen-bond acceptors (Lipinski definition) is 6. The maximum absolute atomic E-state index is 14.2. The Labute approximate surface area is 226 Å². The molecule has 5 N–H and O–H groups in total. The van der Waals surface area contributed by atoms with Crippen molar-refractivity contribution >= 4 is 23.8 Å². The van der Waals surface area contributed by atoms with Gasteiger partial charge in [-0.3, -0.25) is 14.4 Å². The van der Waals surface area contributed by atoms with Gasteiger partial charge < -0.3 is 31.1 Å². The second-order valence-corrected chi connectivity index (χ2v) is 11.2. The lowest BCUT2D eigenvalue weighted by molar-refractivity contribution is -0.150. The van der Waals surface area contributed by atoms with Crippen LogP contribution in [0.1, 0.15) is 97.7 Å². The van der Waals surface area contributed by atoms with Gasteiger partial charge in [0.1, 0.15) is 23.4 Å². The fourth-order valence-corrected chi connectivity index (χ4v) is 3.91. The fourth-order valence-electron chi connectivity index (χ4n) is 3.91. The second kappa shape index (κ2) is 14.0. The monoisotopic (exact) mass is 534 g/mol. The molecule has 0 heterocycles. The zero-order valence-corrected chi connectivity index (χ0v) is 24.1. The number of hydrogen-bond donors (Lipinski definition) is 4. The normalized spacial score (nSPS) is 13.3. The van der Waals surface area contributed by atoms with Gasteiger partial charge in [0.05, 0.1) is 6.42 Å². The van der Waals surface area contributed by atoms with E-state index in [1.54, 1.807) is 39.8 Å². The first-order chi connectivity index (χ1) is 17.5. The van der Waals surface area contributed by atoms with E-state index in [0.29, 0.717) is 24.1 Å². The molecule has 10 heteroatoms. The molecule has 0 saturated carbocycles. The molecule has 0 bridgehead atoms. The molecule has 214 valence electrons. The van der Waals surface area contributed by atoms with Crippen molar-refractivity contribution in [2.24, 2.45) is 5.73 Å². The predicted molar refractivity (Wildman–Crippen MR) is 146 cm³/mol. The number of nitrogens with two attached hydrogens (primary N) is 1. The number of rotatable bonds is 13. The molecule has 38 heavy (non-hydrogen) atoms. The molecule has 2 unspecified atom stereocenters. The Hall–Kier alpha value is -3.30. The van der Waals surface area contributed by atoms with Crippen molar-refractivity contribution in [3.63, 3.8) is 0 Å². The molecule has 1 rings (SSSR count). The first-order valence-corrected chi connectivity index (χ1v) is 13.2. The smallest absolute Gasteiger partial charge is 0.408 e. The molecular weight excluding hydrogens is 488 g/mol. The van der Waals surface area contributed by atoms with Crippen molar-refractivity contribution in [2.75, 3.05) is 6.54 Å². The van der Waals surface area contributed by atoms with Gasteiger partial charge in [0.25, 0.3) is 0 Å². The average molecular weight is 535 g/mol. The standard InChI is InChI=1S/C28H46N4O6/c1-9-11-12-15-30-24(35)23(19-13-14-21(33)18(3)16-19)32(28(7,8)10-2)25(36)20(17-22(29)34)31-26(37)38-27(4,5)6/h13-14,16,20,23,33H,9-12,15,17H2,1-8H3,(H2,29,34)(H,30,35)(H,31,37). The minimum absolute atomic E-state index is 0.0571. The van der Waals surface area contributed by atoms with E-state index in [0.717, 1.165) is 19.3 Å². The highest BCUT2D eigenvalue weighted by Crippen LogP contribution is 2.34. The maximum atomic E-state index is 14.2. The number of unbranched alkanes of at least 4 members (excludes halogenated alkanes) is 2. The number of alkyl carbamates (subject to hydrolysis) is 1. The third-order valence-corrected chi connectivity index (χ3v) is 6.27. The summed E-state index contributed by atoms with van der Waals surface area (Å²) in [5.74, 6) is -1.80. The Morgan fingerprint density at radius 1 is 1.08 bits per heavy atom. The first-order valence-electron chi connectivity index (χ1n) is 13.2. The predicted octanol–water partition coefficient (Wildman–Crippen LogP) is 3.83. The number of benzene rings is 1. The quantitative estimate of drug-likeness (QED) is 0.282. The van der Waals surface area contributed by atoms with E-state index in [9.17, 15) is 24.3 Å². The zero-order valence-electron chi connectivity index (χ0n) is 24.1. The molecule has 1 aromatic rings. The lowest BCUT2D eigenvalue weighted by atomic mass is 9.91. The number of amides is 4. The molecule has 0 saturated heterocycles. The van der Waals surface area contributed by atoms with Crippen LogP contribution in [0.4, 0.5) is 4.79 Å². The van der Waals surface area contributed by atoms with E-state index in [4.69, 9.17) is 10.5 Å². The molecule has 0 radical (unpaired) electrons. The van der Waals surface area contributed by atoms with Crippen LogP contribution >= 0.6 is 0 Å². The van der Waals surface area contributed by atoms with E-state index in [1.165, 1.54) is 11.0 Å². The molecule has 2 atom stereocenters. The average Bonchev–Trinajstić information content (AvgIpc) is 2.79. The highest BCUT2D eigenvalue weighted by Gasteiger charge is 2.43. The summed E-state index contributed by atoms with van der Waals surface area (Å²) in [5.41, 5.74) is 4.75. The Morgan fingerprint density at radius 3 is 2.21 bits per heavy atom. The molecular formula is C28H46N4O6. The Balaban J connectivity index is 3.63. The number of ether oxygens (including phenoxy) is 1. The summed E-state index contributed by atoms with van der Waals surface area (Å²) in [6.07, 6.45) is 1.80. The van der Waals surface area contributed by atoms with Crippen molar-refractivity contribution in [3.8, 4) is 5.75 Å². The Kier molecular flexibility index (Phi) is 12.1. The molecule has 4 amide bonds. The summed E-state index contributed by atoms with van der Waals surface area (Å²) in [7, 11) is 0.